The summed E-state index contributed by atoms with van der Waals surface area (Å²) in [5, 5.41) is 7.83. The molecule has 1 aromatic heterocycles. The molecule has 0 aliphatic carbocycles. The van der Waals surface area contributed by atoms with Crippen LogP contribution < -0.4 is 5.32 Å². The Kier molecular flexibility index (Phi) is 4.21. The van der Waals surface area contributed by atoms with E-state index >= 15 is 0 Å². The molecular formula is C24H18FN3O. The van der Waals surface area contributed by atoms with Crippen LogP contribution in [0.4, 0.5) is 10.2 Å². The van der Waals surface area contributed by atoms with Crippen molar-refractivity contribution in [3.63, 3.8) is 0 Å². The Morgan fingerprint density at radius 3 is 2.28 bits per heavy atom. The summed E-state index contributed by atoms with van der Waals surface area (Å²) >= 11 is 0. The van der Waals surface area contributed by atoms with Gasteiger partial charge in [0, 0.05) is 23.5 Å². The smallest absolute Gasteiger partial charge is 0.226 e. The highest BCUT2D eigenvalue weighted by atomic mass is 19.1. The number of anilines is 1. The number of para-hydroxylation sites is 1. The molecule has 0 bridgehead atoms. The van der Waals surface area contributed by atoms with Crippen LogP contribution >= 0.6 is 0 Å². The molecule has 5 heteroatoms. The first kappa shape index (κ1) is 17.4. The topological polar surface area (TPSA) is 46.9 Å². The first-order valence-corrected chi connectivity index (χ1v) is 9.50. The molecule has 1 N–H and O–H groups in total. The quantitative estimate of drug-likeness (QED) is 0.532. The van der Waals surface area contributed by atoms with E-state index in [4.69, 9.17) is 5.10 Å². The minimum Gasteiger partial charge on any atom is -0.310 e. The second kappa shape index (κ2) is 7.02. The Bertz CT molecular complexity index is 1190. The number of aromatic nitrogens is 2. The minimum absolute atomic E-state index is 0.151. The highest BCUT2D eigenvalue weighted by Gasteiger charge is 2.35. The Balaban J connectivity index is 1.80. The van der Waals surface area contributed by atoms with Gasteiger partial charge in [0.25, 0.3) is 0 Å². The molecule has 142 valence electrons. The minimum atomic E-state index is -0.410. The predicted octanol–water partition coefficient (Wildman–Crippen LogP) is 5.15. The fourth-order valence-corrected chi connectivity index (χ4v) is 3.94. The number of fused-ring (bicyclic) bond motifs is 1. The summed E-state index contributed by atoms with van der Waals surface area (Å²) in [7, 11) is 0. The van der Waals surface area contributed by atoms with Gasteiger partial charge in [-0.05, 0) is 23.8 Å². The monoisotopic (exact) mass is 383 g/mol. The van der Waals surface area contributed by atoms with E-state index in [1.54, 1.807) is 22.9 Å². The molecule has 29 heavy (non-hydrogen) atoms. The molecule has 2 heterocycles. The Labute approximate surface area is 167 Å². The molecule has 5 rings (SSSR count). The lowest BCUT2D eigenvalue weighted by Gasteiger charge is -2.25. The molecule has 4 aromatic rings. The van der Waals surface area contributed by atoms with Crippen LogP contribution in [-0.4, -0.2) is 15.7 Å². The third-order valence-electron chi connectivity index (χ3n) is 5.25. The summed E-state index contributed by atoms with van der Waals surface area (Å²) in [5.74, 6) is -0.278. The molecular weight excluding hydrogens is 365 g/mol. The summed E-state index contributed by atoms with van der Waals surface area (Å²) in [6, 6.07) is 26.1. The molecule has 1 unspecified atom stereocenters. The largest absolute Gasteiger partial charge is 0.310 e. The maximum absolute atomic E-state index is 14.7. The first-order valence-electron chi connectivity index (χ1n) is 9.50. The number of nitrogens with one attached hydrogen (secondary N) is 1. The number of halogens is 1. The number of benzene rings is 3. The van der Waals surface area contributed by atoms with Crippen molar-refractivity contribution < 1.29 is 9.18 Å². The first-order chi connectivity index (χ1) is 14.2. The van der Waals surface area contributed by atoms with E-state index in [1.165, 1.54) is 6.07 Å². The summed E-state index contributed by atoms with van der Waals surface area (Å²) in [5.41, 5.74) is 3.85. The summed E-state index contributed by atoms with van der Waals surface area (Å²) in [4.78, 5) is 12.6. The molecule has 0 spiro atoms. The van der Waals surface area contributed by atoms with Crippen LogP contribution in [0.25, 0.3) is 16.9 Å². The molecule has 0 saturated heterocycles. The van der Waals surface area contributed by atoms with Crippen LogP contribution in [0.3, 0.4) is 0 Å². The van der Waals surface area contributed by atoms with Gasteiger partial charge in [0.2, 0.25) is 5.91 Å². The lowest BCUT2D eigenvalue weighted by molar-refractivity contribution is -0.116. The molecule has 0 radical (unpaired) electrons. The van der Waals surface area contributed by atoms with Crippen LogP contribution in [0.2, 0.25) is 0 Å². The molecule has 1 atom stereocenters. The van der Waals surface area contributed by atoms with Crippen LogP contribution in [0.15, 0.2) is 84.9 Å². The van der Waals surface area contributed by atoms with Gasteiger partial charge in [-0.3, -0.25) is 4.79 Å². The van der Waals surface area contributed by atoms with Crippen LogP contribution in [-0.2, 0) is 4.79 Å². The summed E-state index contributed by atoms with van der Waals surface area (Å²) in [6.07, 6.45) is 0.175. The number of amides is 1. The van der Waals surface area contributed by atoms with E-state index in [0.29, 0.717) is 11.4 Å². The van der Waals surface area contributed by atoms with E-state index in [9.17, 15) is 9.18 Å². The fraction of sp³-hybridized carbons (Fsp3) is 0.0833. The second-order valence-electron chi connectivity index (χ2n) is 7.05. The number of hydrogen-bond acceptors (Lipinski definition) is 2. The Morgan fingerprint density at radius 2 is 1.55 bits per heavy atom. The maximum atomic E-state index is 14.7. The molecule has 1 aliphatic rings. The van der Waals surface area contributed by atoms with Crippen molar-refractivity contribution in [1.29, 1.82) is 0 Å². The van der Waals surface area contributed by atoms with Crippen molar-refractivity contribution >= 4 is 11.7 Å². The standard InChI is InChI=1S/C24H18FN3O/c25-20-14-8-7-13-18(20)19-15-21(29)26-24-22(19)23(16-9-3-1-4-10-16)27-28(24)17-11-5-2-6-12-17/h1-14,19H,15H2,(H,26,29). The fourth-order valence-electron chi connectivity index (χ4n) is 3.94. The van der Waals surface area contributed by atoms with Gasteiger partial charge < -0.3 is 5.32 Å². The third kappa shape index (κ3) is 3.01. The van der Waals surface area contributed by atoms with Crippen molar-refractivity contribution in [3.8, 4) is 16.9 Å². The van der Waals surface area contributed by atoms with Gasteiger partial charge in [-0.1, -0.05) is 66.7 Å². The lowest BCUT2D eigenvalue weighted by Crippen LogP contribution is -2.25. The van der Waals surface area contributed by atoms with E-state index in [-0.39, 0.29) is 18.1 Å². The van der Waals surface area contributed by atoms with Gasteiger partial charge in [-0.15, -0.1) is 0 Å². The van der Waals surface area contributed by atoms with E-state index in [2.05, 4.69) is 5.32 Å². The number of carbonyl (C=O) groups is 1. The molecule has 1 amide bonds. The van der Waals surface area contributed by atoms with Crippen molar-refractivity contribution in [2.45, 2.75) is 12.3 Å². The molecule has 1 aliphatic heterocycles. The van der Waals surface area contributed by atoms with Crippen LogP contribution in [0, 0.1) is 5.82 Å². The van der Waals surface area contributed by atoms with Crippen molar-refractivity contribution in [3.05, 3.63) is 102 Å². The number of rotatable bonds is 3. The molecule has 0 saturated carbocycles. The Morgan fingerprint density at radius 1 is 0.897 bits per heavy atom. The summed E-state index contributed by atoms with van der Waals surface area (Å²) in [6.45, 7) is 0. The second-order valence-corrected chi connectivity index (χ2v) is 7.05. The van der Waals surface area contributed by atoms with Gasteiger partial charge in [0.15, 0.2) is 0 Å². The zero-order valence-electron chi connectivity index (χ0n) is 15.5. The van der Waals surface area contributed by atoms with Gasteiger partial charge >= 0.3 is 0 Å². The normalized spacial score (nSPS) is 15.6. The van der Waals surface area contributed by atoms with E-state index in [0.717, 1.165) is 22.5 Å². The highest BCUT2D eigenvalue weighted by Crippen LogP contribution is 2.44. The van der Waals surface area contributed by atoms with Crippen LogP contribution in [0.5, 0.6) is 0 Å². The SMILES string of the molecule is O=C1CC(c2ccccc2F)c2c(-c3ccccc3)nn(-c3ccccc3)c2N1. The van der Waals surface area contributed by atoms with Gasteiger partial charge in [-0.25, -0.2) is 9.07 Å². The van der Waals surface area contributed by atoms with E-state index < -0.39 is 5.92 Å². The average Bonchev–Trinajstić information content (AvgIpc) is 3.14. The summed E-state index contributed by atoms with van der Waals surface area (Å²) < 4.78 is 16.4. The molecule has 0 fully saturated rings. The van der Waals surface area contributed by atoms with Gasteiger partial charge in [0.1, 0.15) is 11.6 Å². The third-order valence-corrected chi connectivity index (χ3v) is 5.25. The zero-order valence-corrected chi connectivity index (χ0v) is 15.5. The number of hydrogen-bond donors (Lipinski definition) is 1. The van der Waals surface area contributed by atoms with Crippen molar-refractivity contribution in [2.24, 2.45) is 0 Å². The lowest BCUT2D eigenvalue weighted by atomic mass is 9.84. The highest BCUT2D eigenvalue weighted by molar-refractivity contribution is 5.96. The predicted molar refractivity (Wildman–Crippen MR) is 110 cm³/mol. The number of nitrogens with zero attached hydrogens (tertiary/aromatic N) is 2. The maximum Gasteiger partial charge on any atom is 0.226 e. The Hall–Kier alpha value is -3.73. The van der Waals surface area contributed by atoms with E-state index in [1.807, 2.05) is 60.7 Å². The van der Waals surface area contributed by atoms with Crippen molar-refractivity contribution in [1.82, 2.24) is 9.78 Å². The molecule has 4 nitrogen and oxygen atoms in total. The molecule has 3 aromatic carbocycles. The van der Waals surface area contributed by atoms with Crippen LogP contribution in [0.1, 0.15) is 23.5 Å². The van der Waals surface area contributed by atoms with Gasteiger partial charge in [-0.2, -0.15) is 5.10 Å². The van der Waals surface area contributed by atoms with Gasteiger partial charge in [0.05, 0.1) is 11.4 Å². The zero-order chi connectivity index (χ0) is 19.8. The average molecular weight is 383 g/mol. The number of carbonyl (C=O) groups excluding carboxylic acids is 1. The van der Waals surface area contributed by atoms with Crippen molar-refractivity contribution in [2.75, 3.05) is 5.32 Å².